The molecule has 10 heteroatoms. The summed E-state index contributed by atoms with van der Waals surface area (Å²) >= 11 is 3.64. The molecule has 3 nitrogen and oxygen atoms in total. The van der Waals surface area contributed by atoms with Gasteiger partial charge in [-0.05, 0) is 85.4 Å². The second kappa shape index (κ2) is 10.8. The highest BCUT2D eigenvalue weighted by Gasteiger charge is 2.48. The second-order valence-electron chi connectivity index (χ2n) is 10.8. The Labute approximate surface area is 226 Å². The van der Waals surface area contributed by atoms with Gasteiger partial charge in [-0.2, -0.15) is 26.3 Å². The molecule has 2 N–H and O–H groups in total. The number of nitrogens with one attached hydrogen (secondary N) is 2. The molecule has 0 aliphatic heterocycles. The predicted molar refractivity (Wildman–Crippen MR) is 136 cm³/mol. The highest BCUT2D eigenvalue weighted by Crippen LogP contribution is 2.46. The van der Waals surface area contributed by atoms with Crippen molar-refractivity contribution in [2.24, 2.45) is 11.3 Å². The Morgan fingerprint density at radius 1 is 1.05 bits per heavy atom. The van der Waals surface area contributed by atoms with Gasteiger partial charge in [-0.1, -0.05) is 41.9 Å². The molecule has 0 heterocycles. The maximum absolute atomic E-state index is 13.4. The molecule has 4 rings (SSSR count). The lowest BCUT2D eigenvalue weighted by atomic mass is 9.74. The van der Waals surface area contributed by atoms with Crippen LogP contribution in [-0.4, -0.2) is 11.9 Å². The number of carbonyl (C=O) groups excluding carboxylic acids is 1. The molecule has 0 radical (unpaired) electrons. The number of alkyl halides is 6. The molecule has 2 aliphatic rings. The van der Waals surface area contributed by atoms with E-state index in [-0.39, 0.29) is 35.5 Å². The van der Waals surface area contributed by atoms with E-state index in [2.05, 4.69) is 32.6 Å². The summed E-state index contributed by atoms with van der Waals surface area (Å²) in [5.74, 6) is -0.399. The van der Waals surface area contributed by atoms with Gasteiger partial charge in [0.1, 0.15) is 0 Å². The third-order valence-electron chi connectivity index (χ3n) is 8.09. The molecule has 1 unspecified atom stereocenters. The van der Waals surface area contributed by atoms with Crippen LogP contribution in [0.2, 0.25) is 0 Å². The molecule has 1 saturated carbocycles. The van der Waals surface area contributed by atoms with Crippen LogP contribution in [0.5, 0.6) is 0 Å². The molecule has 0 saturated heterocycles. The van der Waals surface area contributed by atoms with E-state index in [1.54, 1.807) is 0 Å². The zero-order valence-electron chi connectivity index (χ0n) is 21.2. The van der Waals surface area contributed by atoms with E-state index in [1.807, 2.05) is 26.0 Å². The monoisotopic (exact) mass is 604 g/mol. The van der Waals surface area contributed by atoms with Crippen LogP contribution in [0.15, 0.2) is 40.9 Å². The van der Waals surface area contributed by atoms with E-state index in [1.165, 1.54) is 11.1 Å². The highest BCUT2D eigenvalue weighted by atomic mass is 79.9. The first kappa shape index (κ1) is 28.9. The van der Waals surface area contributed by atoms with E-state index in [9.17, 15) is 31.1 Å². The Balaban J connectivity index is 1.48. The predicted octanol–water partition coefficient (Wildman–Crippen LogP) is 7.97. The summed E-state index contributed by atoms with van der Waals surface area (Å²) in [6.45, 7) is 3.45. The molecule has 0 spiro atoms. The quantitative estimate of drug-likeness (QED) is 0.328. The number of rotatable bonds is 6. The lowest BCUT2D eigenvalue weighted by molar-refractivity contribution is -0.143. The van der Waals surface area contributed by atoms with Gasteiger partial charge in [0.05, 0.1) is 16.5 Å². The Hall–Kier alpha value is -2.07. The van der Waals surface area contributed by atoms with Gasteiger partial charge in [0.2, 0.25) is 5.91 Å². The molecular weight excluding hydrogens is 574 g/mol. The van der Waals surface area contributed by atoms with E-state index in [0.717, 1.165) is 30.2 Å². The lowest BCUT2D eigenvalue weighted by Gasteiger charge is -2.34. The first-order valence-electron chi connectivity index (χ1n) is 12.8. The lowest BCUT2D eigenvalue weighted by Crippen LogP contribution is -2.44. The van der Waals surface area contributed by atoms with Gasteiger partial charge in [0, 0.05) is 23.1 Å². The number of carbonyl (C=O) groups is 1. The molecule has 1 fully saturated rings. The zero-order valence-corrected chi connectivity index (χ0v) is 22.8. The van der Waals surface area contributed by atoms with Crippen LogP contribution in [0.3, 0.4) is 0 Å². The van der Waals surface area contributed by atoms with Crippen molar-refractivity contribution in [1.82, 2.24) is 10.6 Å². The number of hydrogen-bond donors (Lipinski definition) is 2. The fourth-order valence-electron chi connectivity index (χ4n) is 5.95. The first-order valence-corrected chi connectivity index (χ1v) is 13.6. The van der Waals surface area contributed by atoms with Gasteiger partial charge in [-0.25, -0.2) is 0 Å². The normalized spacial score (nSPS) is 23.9. The number of halogens is 7. The van der Waals surface area contributed by atoms with E-state index in [4.69, 9.17) is 0 Å². The van der Waals surface area contributed by atoms with E-state index in [0.29, 0.717) is 25.0 Å². The van der Waals surface area contributed by atoms with Crippen molar-refractivity contribution in [1.29, 1.82) is 0 Å². The minimum absolute atomic E-state index is 0.0608. The van der Waals surface area contributed by atoms with E-state index >= 15 is 0 Å². The molecule has 1 amide bonds. The maximum Gasteiger partial charge on any atom is 0.416 e. The fraction of sp³-hybridized carbons (Fsp3) is 0.536. The van der Waals surface area contributed by atoms with Crippen LogP contribution in [0, 0.1) is 11.3 Å². The number of amides is 1. The van der Waals surface area contributed by atoms with Crippen molar-refractivity contribution in [3.63, 3.8) is 0 Å². The van der Waals surface area contributed by atoms with Crippen molar-refractivity contribution in [2.75, 3.05) is 0 Å². The van der Waals surface area contributed by atoms with Gasteiger partial charge in [0.25, 0.3) is 0 Å². The fourth-order valence-corrected chi connectivity index (χ4v) is 6.53. The minimum atomic E-state index is -4.93. The van der Waals surface area contributed by atoms with Gasteiger partial charge in [-0.3, -0.25) is 4.79 Å². The van der Waals surface area contributed by atoms with Crippen LogP contribution in [0.1, 0.15) is 79.8 Å². The van der Waals surface area contributed by atoms with Crippen molar-refractivity contribution in [3.8, 4) is 0 Å². The number of benzene rings is 2. The SMILES string of the molecule is CC(C)[C@]1(C(=O)NCc2cc(C(F)(F)F)cc(C(F)(F)F)c2)CC[C@@H](NC2CCCc3c(Br)cccc32)C1. The average molecular weight is 605 g/mol. The first-order chi connectivity index (χ1) is 17.7. The number of hydrogen-bond acceptors (Lipinski definition) is 2. The second-order valence-corrected chi connectivity index (χ2v) is 11.6. The van der Waals surface area contributed by atoms with Gasteiger partial charge < -0.3 is 10.6 Å². The van der Waals surface area contributed by atoms with E-state index < -0.39 is 35.4 Å². The summed E-state index contributed by atoms with van der Waals surface area (Å²) in [5.41, 5.74) is -1.24. The smallest absolute Gasteiger partial charge is 0.352 e. The highest BCUT2D eigenvalue weighted by molar-refractivity contribution is 9.10. The summed E-state index contributed by atoms with van der Waals surface area (Å²) in [5, 5.41) is 6.40. The molecular formula is C28H31BrF6N2O. The van der Waals surface area contributed by atoms with Gasteiger partial charge in [-0.15, -0.1) is 0 Å². The summed E-state index contributed by atoms with van der Waals surface area (Å²) in [7, 11) is 0. The summed E-state index contributed by atoms with van der Waals surface area (Å²) in [4.78, 5) is 13.4. The zero-order chi connectivity index (χ0) is 27.9. The topological polar surface area (TPSA) is 41.1 Å². The molecule has 2 aromatic carbocycles. The van der Waals surface area contributed by atoms with Crippen LogP contribution in [0.25, 0.3) is 0 Å². The van der Waals surface area contributed by atoms with Crippen molar-refractivity contribution >= 4 is 21.8 Å². The molecule has 0 aromatic heterocycles. The number of fused-ring (bicyclic) bond motifs is 1. The Kier molecular flexibility index (Phi) is 8.25. The van der Waals surface area contributed by atoms with Crippen molar-refractivity contribution in [2.45, 2.75) is 83.4 Å². The van der Waals surface area contributed by atoms with Crippen LogP contribution in [-0.2, 0) is 30.1 Å². The molecule has 208 valence electrons. The Morgan fingerprint density at radius 2 is 1.71 bits per heavy atom. The molecule has 38 heavy (non-hydrogen) atoms. The van der Waals surface area contributed by atoms with Gasteiger partial charge in [0.15, 0.2) is 0 Å². The van der Waals surface area contributed by atoms with Crippen LogP contribution in [0.4, 0.5) is 26.3 Å². The summed E-state index contributed by atoms with van der Waals surface area (Å²) in [6.07, 6.45) is -4.94. The molecule has 0 bridgehead atoms. The average Bonchev–Trinajstić information content (AvgIpc) is 3.27. The van der Waals surface area contributed by atoms with Crippen molar-refractivity contribution < 1.29 is 31.1 Å². The van der Waals surface area contributed by atoms with Gasteiger partial charge >= 0.3 is 12.4 Å². The standard InChI is InChI=1S/C28H31BrF6N2O/c1-16(2)26(10-9-20(14-26)37-24-8-4-5-21-22(24)6-3-7-23(21)29)25(38)36-15-17-11-18(27(30,31)32)13-19(12-17)28(33,34)35/h3,6-7,11-13,16,20,24,37H,4-5,8-10,14-15H2,1-2H3,(H,36,38)/t20-,24?,26+/m1/s1. The van der Waals surface area contributed by atoms with Crippen molar-refractivity contribution in [3.05, 3.63) is 68.7 Å². The van der Waals surface area contributed by atoms with Crippen LogP contribution < -0.4 is 10.6 Å². The Bertz CT molecular complexity index is 1150. The molecule has 2 aliphatic carbocycles. The molecule has 2 aromatic rings. The molecule has 3 atom stereocenters. The third kappa shape index (κ3) is 6.06. The Morgan fingerprint density at radius 3 is 2.32 bits per heavy atom. The maximum atomic E-state index is 13.4. The largest absolute Gasteiger partial charge is 0.416 e. The minimum Gasteiger partial charge on any atom is -0.352 e. The summed E-state index contributed by atoms with van der Waals surface area (Å²) < 4.78 is 80.5. The van der Waals surface area contributed by atoms with Crippen LogP contribution >= 0.6 is 15.9 Å². The third-order valence-corrected chi connectivity index (χ3v) is 8.84. The summed E-state index contributed by atoms with van der Waals surface area (Å²) in [6, 6.07) is 7.83.